The van der Waals surface area contributed by atoms with Crippen LogP contribution in [-0.4, -0.2) is 15.3 Å². The third-order valence-corrected chi connectivity index (χ3v) is 3.02. The Balaban J connectivity index is 2.20. The number of benzene rings is 1. The number of aromatic nitrogens is 2. The zero-order valence-corrected chi connectivity index (χ0v) is 11.2. The molecule has 1 heterocycles. The van der Waals surface area contributed by atoms with Crippen LogP contribution in [0.3, 0.4) is 0 Å². The van der Waals surface area contributed by atoms with Crippen molar-refractivity contribution in [3.05, 3.63) is 63.3 Å². The van der Waals surface area contributed by atoms with Crippen molar-refractivity contribution in [2.75, 3.05) is 0 Å². The van der Waals surface area contributed by atoms with Crippen LogP contribution in [-0.2, 0) is 13.0 Å². The molecule has 0 radical (unpaired) electrons. The van der Waals surface area contributed by atoms with Crippen LogP contribution in [0, 0.1) is 0 Å². The van der Waals surface area contributed by atoms with Crippen LogP contribution in [0.15, 0.2) is 41.5 Å². The smallest absolute Gasteiger partial charge is 0.292 e. The van der Waals surface area contributed by atoms with Crippen molar-refractivity contribution in [2.45, 2.75) is 19.9 Å². The quantitative estimate of drug-likeness (QED) is 0.806. The van der Waals surface area contributed by atoms with E-state index in [-0.39, 0.29) is 12.3 Å². The number of hydrogen-bond acceptors (Lipinski definition) is 3. The number of nitrogens with zero attached hydrogens (tertiary/aromatic N) is 2. The first-order valence-corrected chi connectivity index (χ1v) is 6.32. The first-order valence-electron chi connectivity index (χ1n) is 5.94. The Kier molecular flexibility index (Phi) is 4.12. The number of rotatable bonds is 4. The Morgan fingerprint density at radius 3 is 2.63 bits per heavy atom. The van der Waals surface area contributed by atoms with Gasteiger partial charge in [-0.15, -0.1) is 0 Å². The molecule has 1 aromatic carbocycles. The lowest BCUT2D eigenvalue weighted by atomic mass is 10.1. The molecule has 1 aromatic heterocycles. The molecule has 19 heavy (non-hydrogen) atoms. The maximum atomic E-state index is 12.0. The molecule has 0 aliphatic heterocycles. The highest BCUT2D eigenvalue weighted by atomic mass is 35.5. The molecule has 4 nitrogen and oxygen atoms in total. The van der Waals surface area contributed by atoms with Gasteiger partial charge in [-0.05, 0) is 12.0 Å². The number of halogens is 1. The van der Waals surface area contributed by atoms with E-state index >= 15 is 0 Å². The van der Waals surface area contributed by atoms with Gasteiger partial charge in [-0.3, -0.25) is 9.36 Å². The maximum Gasteiger partial charge on any atom is 0.348 e. The molecule has 0 aliphatic rings. The van der Waals surface area contributed by atoms with E-state index in [1.54, 1.807) is 12.1 Å². The second-order valence-corrected chi connectivity index (χ2v) is 4.59. The zero-order valence-electron chi connectivity index (χ0n) is 10.5. The second-order valence-electron chi connectivity index (χ2n) is 4.16. The van der Waals surface area contributed by atoms with Crippen LogP contribution in [0.25, 0.3) is 0 Å². The van der Waals surface area contributed by atoms with E-state index < -0.39 is 5.69 Å². The fourth-order valence-electron chi connectivity index (χ4n) is 1.71. The van der Waals surface area contributed by atoms with Gasteiger partial charge in [0, 0.05) is 11.8 Å². The van der Waals surface area contributed by atoms with E-state index in [4.69, 9.17) is 11.6 Å². The summed E-state index contributed by atoms with van der Waals surface area (Å²) in [5, 5.41) is 0.328. The molecule has 0 saturated carbocycles. The van der Waals surface area contributed by atoms with Gasteiger partial charge in [0.25, 0.3) is 0 Å². The van der Waals surface area contributed by atoms with Crippen LogP contribution < -0.4 is 5.69 Å². The minimum atomic E-state index is -0.483. The Hall–Kier alpha value is -1.94. The van der Waals surface area contributed by atoms with Crippen LogP contribution >= 0.6 is 11.6 Å². The average molecular weight is 277 g/mol. The topological polar surface area (TPSA) is 52.0 Å². The van der Waals surface area contributed by atoms with Gasteiger partial charge in [0.1, 0.15) is 0 Å². The van der Waals surface area contributed by atoms with Crippen molar-refractivity contribution in [3.8, 4) is 0 Å². The minimum absolute atomic E-state index is 0.0577. The summed E-state index contributed by atoms with van der Waals surface area (Å²) in [6.45, 7) is 1.99. The average Bonchev–Trinajstić information content (AvgIpc) is 2.43. The summed E-state index contributed by atoms with van der Waals surface area (Å²) >= 11 is 5.75. The SMILES string of the molecule is CCc1ccc(C(=O)Cn2cc(Cl)cnc2=O)cc1. The number of hydrogen-bond donors (Lipinski definition) is 0. The van der Waals surface area contributed by atoms with Crippen molar-refractivity contribution in [3.63, 3.8) is 0 Å². The van der Waals surface area contributed by atoms with Crippen LogP contribution in [0.1, 0.15) is 22.8 Å². The predicted octanol–water partition coefficient (Wildman–Crippen LogP) is 2.34. The molecule has 0 fully saturated rings. The lowest BCUT2D eigenvalue weighted by Gasteiger charge is -2.05. The third kappa shape index (κ3) is 3.29. The number of ketones is 1. The molecule has 0 aliphatic carbocycles. The first-order chi connectivity index (χ1) is 9.10. The standard InChI is InChI=1S/C14H13ClN2O2/c1-2-10-3-5-11(6-4-10)13(18)9-17-8-12(15)7-16-14(17)19/h3-8H,2,9H2,1H3. The highest BCUT2D eigenvalue weighted by Gasteiger charge is 2.08. The van der Waals surface area contributed by atoms with E-state index in [1.165, 1.54) is 17.0 Å². The summed E-state index contributed by atoms with van der Waals surface area (Å²) < 4.78 is 1.21. The highest BCUT2D eigenvalue weighted by molar-refractivity contribution is 6.30. The number of Topliss-reactive ketones (excluding diaryl/α,β-unsaturated/α-hetero) is 1. The minimum Gasteiger partial charge on any atom is -0.292 e. The number of aryl methyl sites for hydroxylation is 1. The summed E-state index contributed by atoms with van der Waals surface area (Å²) in [5.74, 6) is -0.145. The van der Waals surface area contributed by atoms with Crippen LogP contribution in [0.4, 0.5) is 0 Å². The fraction of sp³-hybridized carbons (Fsp3) is 0.214. The van der Waals surface area contributed by atoms with Gasteiger partial charge < -0.3 is 0 Å². The normalized spacial score (nSPS) is 10.4. The van der Waals surface area contributed by atoms with Gasteiger partial charge in [-0.1, -0.05) is 42.8 Å². The largest absolute Gasteiger partial charge is 0.348 e. The lowest BCUT2D eigenvalue weighted by Crippen LogP contribution is -2.25. The summed E-state index contributed by atoms with van der Waals surface area (Å²) in [7, 11) is 0. The summed E-state index contributed by atoms with van der Waals surface area (Å²) in [5.41, 5.74) is 1.25. The van der Waals surface area contributed by atoms with Gasteiger partial charge in [0.05, 0.1) is 17.8 Å². The molecule has 0 bridgehead atoms. The van der Waals surface area contributed by atoms with E-state index in [0.29, 0.717) is 10.6 Å². The van der Waals surface area contributed by atoms with Gasteiger partial charge in [0.15, 0.2) is 5.78 Å². The van der Waals surface area contributed by atoms with E-state index in [9.17, 15) is 9.59 Å². The molecule has 5 heteroatoms. The number of carbonyl (C=O) groups is 1. The Labute approximate surface area is 115 Å². The molecular weight excluding hydrogens is 264 g/mol. The molecule has 0 saturated heterocycles. The molecule has 0 unspecified atom stereocenters. The van der Waals surface area contributed by atoms with Gasteiger partial charge >= 0.3 is 5.69 Å². The fourth-order valence-corrected chi connectivity index (χ4v) is 1.88. The van der Waals surface area contributed by atoms with E-state index in [1.807, 2.05) is 19.1 Å². The predicted molar refractivity (Wildman–Crippen MR) is 73.7 cm³/mol. The van der Waals surface area contributed by atoms with Crippen LogP contribution in [0.2, 0.25) is 5.02 Å². The number of carbonyl (C=O) groups excluding carboxylic acids is 1. The summed E-state index contributed by atoms with van der Waals surface area (Å²) in [6.07, 6.45) is 3.60. The summed E-state index contributed by atoms with van der Waals surface area (Å²) in [4.78, 5) is 27.1. The molecular formula is C14H13ClN2O2. The zero-order chi connectivity index (χ0) is 13.8. The lowest BCUT2D eigenvalue weighted by molar-refractivity contribution is 0.0970. The first kappa shape index (κ1) is 13.5. The molecule has 2 aromatic rings. The summed E-state index contributed by atoms with van der Waals surface area (Å²) in [6, 6.07) is 7.35. The molecule has 0 amide bonds. The molecule has 0 spiro atoms. The van der Waals surface area contributed by atoms with Crippen molar-refractivity contribution in [1.82, 2.24) is 9.55 Å². The van der Waals surface area contributed by atoms with Gasteiger partial charge in [-0.25, -0.2) is 9.78 Å². The Bertz CT molecular complexity index is 647. The Morgan fingerprint density at radius 2 is 2.00 bits per heavy atom. The van der Waals surface area contributed by atoms with E-state index in [2.05, 4.69) is 4.98 Å². The van der Waals surface area contributed by atoms with Crippen molar-refractivity contribution >= 4 is 17.4 Å². The second kappa shape index (κ2) is 5.80. The molecule has 0 atom stereocenters. The molecule has 0 N–H and O–H groups in total. The van der Waals surface area contributed by atoms with E-state index in [0.717, 1.165) is 12.0 Å². The molecule has 98 valence electrons. The molecule has 2 rings (SSSR count). The monoisotopic (exact) mass is 276 g/mol. The van der Waals surface area contributed by atoms with Crippen LogP contribution in [0.5, 0.6) is 0 Å². The van der Waals surface area contributed by atoms with Crippen molar-refractivity contribution in [1.29, 1.82) is 0 Å². The van der Waals surface area contributed by atoms with Gasteiger partial charge in [-0.2, -0.15) is 0 Å². The van der Waals surface area contributed by atoms with Crippen molar-refractivity contribution in [2.24, 2.45) is 0 Å². The van der Waals surface area contributed by atoms with Gasteiger partial charge in [0.2, 0.25) is 0 Å². The highest BCUT2D eigenvalue weighted by Crippen LogP contribution is 2.07. The third-order valence-electron chi connectivity index (χ3n) is 2.82. The van der Waals surface area contributed by atoms with Crippen molar-refractivity contribution < 1.29 is 4.79 Å². The maximum absolute atomic E-state index is 12.0. The Morgan fingerprint density at radius 1 is 1.32 bits per heavy atom.